The quantitative estimate of drug-likeness (QED) is 0.627. The second-order valence-corrected chi connectivity index (χ2v) is 8.03. The van der Waals surface area contributed by atoms with Gasteiger partial charge in [0, 0.05) is 24.8 Å². The molecule has 0 spiro atoms. The summed E-state index contributed by atoms with van der Waals surface area (Å²) in [7, 11) is 0. The molecule has 0 bridgehead atoms. The van der Waals surface area contributed by atoms with Crippen molar-refractivity contribution in [1.29, 1.82) is 0 Å². The van der Waals surface area contributed by atoms with Crippen LogP contribution in [0.3, 0.4) is 0 Å². The number of aryl methyl sites for hydroxylation is 2. The van der Waals surface area contributed by atoms with Crippen LogP contribution in [0.1, 0.15) is 25.0 Å². The first-order valence-electron chi connectivity index (χ1n) is 9.13. The van der Waals surface area contributed by atoms with Gasteiger partial charge in [-0.3, -0.25) is 4.79 Å². The van der Waals surface area contributed by atoms with Gasteiger partial charge in [-0.25, -0.2) is 9.97 Å². The number of nitrogens with one attached hydrogen (secondary N) is 1. The highest BCUT2D eigenvalue weighted by molar-refractivity contribution is 7.99. The lowest BCUT2D eigenvalue weighted by molar-refractivity contribution is -0.113. The van der Waals surface area contributed by atoms with Crippen molar-refractivity contribution in [3.05, 3.63) is 41.7 Å². The van der Waals surface area contributed by atoms with E-state index in [0.29, 0.717) is 5.75 Å². The third-order valence-corrected chi connectivity index (χ3v) is 5.32. The first-order valence-corrected chi connectivity index (χ1v) is 10.1. The second kappa shape index (κ2) is 8.71. The molecule has 2 aromatic rings. The number of carbonyl (C=O) groups excluding carboxylic acids is 1. The van der Waals surface area contributed by atoms with Crippen molar-refractivity contribution in [3.8, 4) is 0 Å². The van der Waals surface area contributed by atoms with Gasteiger partial charge < -0.3 is 15.0 Å². The maximum Gasteiger partial charge on any atom is 0.234 e. The summed E-state index contributed by atoms with van der Waals surface area (Å²) in [5.41, 5.74) is 3.04. The fourth-order valence-electron chi connectivity index (χ4n) is 3.14. The Kier molecular flexibility index (Phi) is 6.34. The van der Waals surface area contributed by atoms with E-state index in [9.17, 15) is 4.79 Å². The smallest absolute Gasteiger partial charge is 0.234 e. The predicted octanol–water partition coefficient (Wildman–Crippen LogP) is 3.44. The van der Waals surface area contributed by atoms with Gasteiger partial charge in [-0.2, -0.15) is 0 Å². The molecular weight excluding hydrogens is 360 g/mol. The van der Waals surface area contributed by atoms with Crippen LogP contribution in [0.2, 0.25) is 0 Å². The van der Waals surface area contributed by atoms with E-state index >= 15 is 0 Å². The summed E-state index contributed by atoms with van der Waals surface area (Å²) in [6.45, 7) is 9.74. The molecule has 27 heavy (non-hydrogen) atoms. The van der Waals surface area contributed by atoms with Gasteiger partial charge in [-0.05, 0) is 44.9 Å². The molecule has 1 saturated heterocycles. The predicted molar refractivity (Wildman–Crippen MR) is 110 cm³/mol. The number of morpholine rings is 1. The summed E-state index contributed by atoms with van der Waals surface area (Å²) >= 11 is 1.42. The minimum atomic E-state index is -0.0394. The molecule has 1 aromatic heterocycles. The first-order chi connectivity index (χ1) is 12.9. The van der Waals surface area contributed by atoms with Crippen LogP contribution in [-0.4, -0.2) is 46.9 Å². The van der Waals surface area contributed by atoms with Crippen molar-refractivity contribution in [2.75, 3.05) is 29.1 Å². The largest absolute Gasteiger partial charge is 0.372 e. The number of aromatic nitrogens is 2. The number of benzene rings is 1. The van der Waals surface area contributed by atoms with Gasteiger partial charge in [0.05, 0.1) is 18.0 Å². The van der Waals surface area contributed by atoms with Crippen LogP contribution < -0.4 is 10.2 Å². The molecule has 2 atom stereocenters. The minimum absolute atomic E-state index is 0.0394. The van der Waals surface area contributed by atoms with E-state index in [-0.39, 0.29) is 18.1 Å². The number of amides is 1. The van der Waals surface area contributed by atoms with Crippen LogP contribution >= 0.6 is 11.8 Å². The molecule has 144 valence electrons. The number of hydrogen-bond acceptors (Lipinski definition) is 6. The lowest BCUT2D eigenvalue weighted by atomic mass is 10.1. The molecule has 1 aromatic carbocycles. The molecule has 0 saturated carbocycles. The Morgan fingerprint density at radius 2 is 1.96 bits per heavy atom. The van der Waals surface area contributed by atoms with Crippen molar-refractivity contribution in [1.82, 2.24) is 9.97 Å². The van der Waals surface area contributed by atoms with Gasteiger partial charge in [0.25, 0.3) is 0 Å². The number of anilines is 2. The Balaban J connectivity index is 1.59. The highest BCUT2D eigenvalue weighted by Gasteiger charge is 2.23. The first kappa shape index (κ1) is 19.6. The van der Waals surface area contributed by atoms with Crippen molar-refractivity contribution < 1.29 is 9.53 Å². The summed E-state index contributed by atoms with van der Waals surface area (Å²) < 4.78 is 5.78. The zero-order chi connectivity index (χ0) is 19.4. The fraction of sp³-hybridized carbons (Fsp3) is 0.450. The number of rotatable bonds is 5. The minimum Gasteiger partial charge on any atom is -0.372 e. The zero-order valence-electron chi connectivity index (χ0n) is 16.2. The molecule has 1 N–H and O–H groups in total. The maximum atomic E-state index is 12.3. The second-order valence-electron chi connectivity index (χ2n) is 7.03. The summed E-state index contributed by atoms with van der Waals surface area (Å²) in [6.07, 6.45) is 1.90. The van der Waals surface area contributed by atoms with E-state index < -0.39 is 0 Å². The van der Waals surface area contributed by atoms with Crippen molar-refractivity contribution in [2.24, 2.45) is 0 Å². The standard InChI is InChI=1S/C20H26N4O2S/c1-13-5-6-14(2)17(7-13)23-19(25)11-27-20-8-18(21-12-22-20)24-9-15(3)26-16(4)10-24/h5-8,12,15-16H,9-11H2,1-4H3,(H,23,25). The van der Waals surface area contributed by atoms with Crippen molar-refractivity contribution >= 4 is 29.2 Å². The molecule has 0 aliphatic carbocycles. The van der Waals surface area contributed by atoms with Crippen molar-refractivity contribution in [2.45, 2.75) is 44.9 Å². The van der Waals surface area contributed by atoms with E-state index in [2.05, 4.69) is 34.0 Å². The average molecular weight is 387 g/mol. The van der Waals surface area contributed by atoms with Gasteiger partial charge in [0.2, 0.25) is 5.91 Å². The van der Waals surface area contributed by atoms with Crippen LogP contribution in [0.4, 0.5) is 11.5 Å². The normalized spacial score (nSPS) is 19.8. The van der Waals surface area contributed by atoms with Crippen LogP contribution in [0.25, 0.3) is 0 Å². The Morgan fingerprint density at radius 1 is 1.22 bits per heavy atom. The van der Waals surface area contributed by atoms with Crippen LogP contribution in [-0.2, 0) is 9.53 Å². The molecule has 2 unspecified atom stereocenters. The monoisotopic (exact) mass is 386 g/mol. The van der Waals surface area contributed by atoms with E-state index in [4.69, 9.17) is 4.74 Å². The Hall–Kier alpha value is -2.12. The number of carbonyl (C=O) groups is 1. The number of nitrogens with zero attached hydrogens (tertiary/aromatic N) is 3. The average Bonchev–Trinajstić information content (AvgIpc) is 2.62. The molecular formula is C20H26N4O2S. The van der Waals surface area contributed by atoms with Gasteiger partial charge in [0.15, 0.2) is 0 Å². The fourth-order valence-corrected chi connectivity index (χ4v) is 3.80. The van der Waals surface area contributed by atoms with Crippen molar-refractivity contribution in [3.63, 3.8) is 0 Å². The molecule has 6 nitrogen and oxygen atoms in total. The molecule has 7 heteroatoms. The zero-order valence-corrected chi connectivity index (χ0v) is 17.0. The summed E-state index contributed by atoms with van der Waals surface area (Å²) in [5, 5.41) is 3.78. The molecule has 0 radical (unpaired) electrons. The highest BCUT2D eigenvalue weighted by atomic mass is 32.2. The van der Waals surface area contributed by atoms with Crippen LogP contribution in [0.5, 0.6) is 0 Å². The third-order valence-electron chi connectivity index (χ3n) is 4.39. The van der Waals surface area contributed by atoms with E-state index in [0.717, 1.165) is 40.7 Å². The third kappa shape index (κ3) is 5.43. The van der Waals surface area contributed by atoms with E-state index in [1.54, 1.807) is 6.33 Å². The van der Waals surface area contributed by atoms with E-state index in [1.165, 1.54) is 11.8 Å². The number of hydrogen-bond donors (Lipinski definition) is 1. The van der Waals surface area contributed by atoms with Gasteiger partial charge in [-0.15, -0.1) is 0 Å². The number of ether oxygens (including phenoxy) is 1. The molecule has 3 rings (SSSR count). The maximum absolute atomic E-state index is 12.3. The molecule has 1 fully saturated rings. The highest BCUT2D eigenvalue weighted by Crippen LogP contribution is 2.23. The lowest BCUT2D eigenvalue weighted by Gasteiger charge is -2.36. The Labute approximate surface area is 164 Å². The molecule has 1 aliphatic heterocycles. The van der Waals surface area contributed by atoms with Gasteiger partial charge in [-0.1, -0.05) is 23.9 Å². The van der Waals surface area contributed by atoms with E-state index in [1.807, 2.05) is 38.1 Å². The summed E-state index contributed by atoms with van der Waals surface area (Å²) in [6, 6.07) is 7.98. The Bertz CT molecular complexity index is 804. The van der Waals surface area contributed by atoms with Gasteiger partial charge in [0.1, 0.15) is 17.2 Å². The lowest BCUT2D eigenvalue weighted by Crippen LogP contribution is -2.45. The molecule has 1 aliphatic rings. The number of thioether (sulfide) groups is 1. The molecule has 1 amide bonds. The molecule has 2 heterocycles. The topological polar surface area (TPSA) is 67.4 Å². The summed E-state index contributed by atoms with van der Waals surface area (Å²) in [4.78, 5) is 23.2. The van der Waals surface area contributed by atoms with Crippen LogP contribution in [0, 0.1) is 13.8 Å². The van der Waals surface area contributed by atoms with Gasteiger partial charge >= 0.3 is 0 Å². The SMILES string of the molecule is Cc1ccc(C)c(NC(=O)CSc2cc(N3CC(C)OC(C)C3)ncn2)c1. The van der Waals surface area contributed by atoms with Crippen LogP contribution in [0.15, 0.2) is 35.6 Å². The summed E-state index contributed by atoms with van der Waals surface area (Å²) in [5.74, 6) is 1.15. The Morgan fingerprint density at radius 3 is 2.70 bits per heavy atom.